The zero-order valence-corrected chi connectivity index (χ0v) is 13.1. The summed E-state index contributed by atoms with van der Waals surface area (Å²) in [7, 11) is 0. The van der Waals surface area contributed by atoms with E-state index >= 15 is 0 Å². The van der Waals surface area contributed by atoms with Crippen molar-refractivity contribution in [1.29, 1.82) is 0 Å². The standard InChI is InChI=1S/C16H22ClN3/c1-4-8-18-15(16-19-9-10-20(16)5-2)14-11-13(17)7-6-12(14)3/h6-7,9-11,15,18H,4-5,8H2,1-3H3. The molecule has 1 heterocycles. The number of nitrogens with one attached hydrogen (secondary N) is 1. The van der Waals surface area contributed by atoms with Crippen molar-refractivity contribution in [2.45, 2.75) is 39.8 Å². The molecule has 0 radical (unpaired) electrons. The van der Waals surface area contributed by atoms with Crippen LogP contribution in [0.1, 0.15) is 43.3 Å². The molecule has 0 aliphatic carbocycles. The summed E-state index contributed by atoms with van der Waals surface area (Å²) in [5.41, 5.74) is 2.43. The summed E-state index contributed by atoms with van der Waals surface area (Å²) in [6.45, 7) is 8.28. The Morgan fingerprint density at radius 3 is 2.85 bits per heavy atom. The monoisotopic (exact) mass is 291 g/mol. The first-order chi connectivity index (χ1) is 9.67. The quantitative estimate of drug-likeness (QED) is 0.873. The summed E-state index contributed by atoms with van der Waals surface area (Å²) in [5, 5.41) is 4.36. The average Bonchev–Trinajstić information content (AvgIpc) is 2.91. The minimum absolute atomic E-state index is 0.0867. The minimum Gasteiger partial charge on any atom is -0.334 e. The van der Waals surface area contributed by atoms with E-state index < -0.39 is 0 Å². The van der Waals surface area contributed by atoms with Crippen LogP contribution in [0.3, 0.4) is 0 Å². The second-order valence-corrected chi connectivity index (χ2v) is 5.40. The molecule has 0 bridgehead atoms. The van der Waals surface area contributed by atoms with Gasteiger partial charge in [0.2, 0.25) is 0 Å². The third-order valence-corrected chi connectivity index (χ3v) is 3.73. The van der Waals surface area contributed by atoms with Gasteiger partial charge in [-0.05, 0) is 50.1 Å². The molecule has 1 unspecified atom stereocenters. The summed E-state index contributed by atoms with van der Waals surface area (Å²) in [6, 6.07) is 6.13. The molecule has 0 fully saturated rings. The van der Waals surface area contributed by atoms with Crippen molar-refractivity contribution in [3.8, 4) is 0 Å². The fourth-order valence-electron chi connectivity index (χ4n) is 2.40. The SMILES string of the molecule is CCCNC(c1cc(Cl)ccc1C)c1nccn1CC. The number of imidazole rings is 1. The predicted molar refractivity (Wildman–Crippen MR) is 84.2 cm³/mol. The highest BCUT2D eigenvalue weighted by Crippen LogP contribution is 2.26. The predicted octanol–water partition coefficient (Wildman–Crippen LogP) is 3.95. The Labute approximate surface area is 126 Å². The van der Waals surface area contributed by atoms with Crippen molar-refractivity contribution < 1.29 is 0 Å². The van der Waals surface area contributed by atoms with Gasteiger partial charge >= 0.3 is 0 Å². The van der Waals surface area contributed by atoms with Crippen molar-refractivity contribution in [3.63, 3.8) is 0 Å². The highest BCUT2D eigenvalue weighted by atomic mass is 35.5. The van der Waals surface area contributed by atoms with E-state index in [-0.39, 0.29) is 6.04 Å². The summed E-state index contributed by atoms with van der Waals surface area (Å²) >= 11 is 6.18. The summed E-state index contributed by atoms with van der Waals surface area (Å²) in [4.78, 5) is 4.54. The maximum Gasteiger partial charge on any atom is 0.130 e. The molecule has 1 N–H and O–H groups in total. The topological polar surface area (TPSA) is 29.9 Å². The van der Waals surface area contributed by atoms with Gasteiger partial charge in [0.05, 0.1) is 6.04 Å². The van der Waals surface area contributed by atoms with Crippen LogP contribution in [-0.2, 0) is 6.54 Å². The minimum atomic E-state index is 0.0867. The van der Waals surface area contributed by atoms with Gasteiger partial charge in [0.15, 0.2) is 0 Å². The van der Waals surface area contributed by atoms with E-state index in [0.29, 0.717) is 0 Å². The molecule has 108 valence electrons. The van der Waals surface area contributed by atoms with Gasteiger partial charge in [0.1, 0.15) is 5.82 Å². The lowest BCUT2D eigenvalue weighted by Gasteiger charge is -2.21. The third-order valence-electron chi connectivity index (χ3n) is 3.50. The number of benzene rings is 1. The summed E-state index contributed by atoms with van der Waals surface area (Å²) in [6.07, 6.45) is 4.97. The second kappa shape index (κ2) is 6.91. The molecule has 1 aromatic heterocycles. The van der Waals surface area contributed by atoms with E-state index in [2.05, 4.69) is 41.7 Å². The molecule has 0 saturated carbocycles. The third kappa shape index (κ3) is 3.22. The van der Waals surface area contributed by atoms with Gasteiger partial charge in [-0.3, -0.25) is 0 Å². The van der Waals surface area contributed by atoms with Gasteiger partial charge in [-0.2, -0.15) is 0 Å². The van der Waals surface area contributed by atoms with Crippen molar-refractivity contribution in [3.05, 3.63) is 52.6 Å². The van der Waals surface area contributed by atoms with Gasteiger partial charge in [-0.25, -0.2) is 4.98 Å². The largest absolute Gasteiger partial charge is 0.334 e. The van der Waals surface area contributed by atoms with Crippen LogP contribution in [0, 0.1) is 6.92 Å². The molecule has 2 aromatic rings. The second-order valence-electron chi connectivity index (χ2n) is 4.96. The van der Waals surface area contributed by atoms with Crippen LogP contribution in [-0.4, -0.2) is 16.1 Å². The van der Waals surface area contributed by atoms with Crippen LogP contribution in [0.4, 0.5) is 0 Å². The van der Waals surface area contributed by atoms with Crippen LogP contribution in [0.25, 0.3) is 0 Å². The first-order valence-electron chi connectivity index (χ1n) is 7.17. The zero-order chi connectivity index (χ0) is 14.5. The lowest BCUT2D eigenvalue weighted by atomic mass is 10.0. The molecule has 0 saturated heterocycles. The highest BCUT2D eigenvalue weighted by Gasteiger charge is 2.20. The molecule has 1 atom stereocenters. The van der Waals surface area contributed by atoms with Gasteiger partial charge in [-0.1, -0.05) is 24.6 Å². The molecule has 0 spiro atoms. The van der Waals surface area contributed by atoms with Crippen LogP contribution in [0.2, 0.25) is 5.02 Å². The maximum atomic E-state index is 6.18. The van der Waals surface area contributed by atoms with E-state index in [9.17, 15) is 0 Å². The van der Waals surface area contributed by atoms with E-state index in [0.717, 1.165) is 30.4 Å². The number of aromatic nitrogens is 2. The number of halogens is 1. The van der Waals surface area contributed by atoms with Crippen LogP contribution in [0.5, 0.6) is 0 Å². The van der Waals surface area contributed by atoms with Crippen molar-refractivity contribution >= 4 is 11.6 Å². The highest BCUT2D eigenvalue weighted by molar-refractivity contribution is 6.30. The molecule has 4 heteroatoms. The Morgan fingerprint density at radius 2 is 2.15 bits per heavy atom. The first kappa shape index (κ1) is 15.1. The van der Waals surface area contributed by atoms with Gasteiger partial charge < -0.3 is 9.88 Å². The Kier molecular flexibility index (Phi) is 5.21. The van der Waals surface area contributed by atoms with Crippen LogP contribution >= 0.6 is 11.6 Å². The Hall–Kier alpha value is -1.32. The fraction of sp³-hybridized carbons (Fsp3) is 0.438. The molecule has 2 rings (SSSR count). The van der Waals surface area contributed by atoms with E-state index in [1.165, 1.54) is 11.1 Å². The Balaban J connectivity index is 2.44. The van der Waals surface area contributed by atoms with Gasteiger partial charge in [0.25, 0.3) is 0 Å². The van der Waals surface area contributed by atoms with Crippen molar-refractivity contribution in [1.82, 2.24) is 14.9 Å². The molecule has 0 aliphatic rings. The molecular weight excluding hydrogens is 270 g/mol. The molecule has 0 aliphatic heterocycles. The van der Waals surface area contributed by atoms with E-state index in [1.807, 2.05) is 24.5 Å². The molecule has 0 amide bonds. The maximum absolute atomic E-state index is 6.18. The van der Waals surface area contributed by atoms with Crippen molar-refractivity contribution in [2.75, 3.05) is 6.54 Å². The van der Waals surface area contributed by atoms with Crippen LogP contribution < -0.4 is 5.32 Å². The summed E-state index contributed by atoms with van der Waals surface area (Å²) < 4.78 is 2.17. The number of rotatable bonds is 6. The number of nitrogens with zero attached hydrogens (tertiary/aromatic N) is 2. The normalized spacial score (nSPS) is 12.6. The molecular formula is C16H22ClN3. The van der Waals surface area contributed by atoms with E-state index in [4.69, 9.17) is 11.6 Å². The molecule has 1 aromatic carbocycles. The fourth-order valence-corrected chi connectivity index (χ4v) is 2.58. The smallest absolute Gasteiger partial charge is 0.130 e. The van der Waals surface area contributed by atoms with Crippen LogP contribution in [0.15, 0.2) is 30.6 Å². The number of hydrogen-bond donors (Lipinski definition) is 1. The molecule has 20 heavy (non-hydrogen) atoms. The number of hydrogen-bond acceptors (Lipinski definition) is 2. The van der Waals surface area contributed by atoms with E-state index in [1.54, 1.807) is 0 Å². The lowest BCUT2D eigenvalue weighted by Crippen LogP contribution is -2.26. The Bertz CT molecular complexity index is 563. The average molecular weight is 292 g/mol. The number of aryl methyl sites for hydroxylation is 2. The van der Waals surface area contributed by atoms with Gasteiger partial charge in [-0.15, -0.1) is 0 Å². The summed E-state index contributed by atoms with van der Waals surface area (Å²) in [5.74, 6) is 1.05. The Morgan fingerprint density at radius 1 is 1.35 bits per heavy atom. The zero-order valence-electron chi connectivity index (χ0n) is 12.4. The molecule has 3 nitrogen and oxygen atoms in total. The lowest BCUT2D eigenvalue weighted by molar-refractivity contribution is 0.540. The van der Waals surface area contributed by atoms with Gasteiger partial charge in [0, 0.05) is 24.0 Å². The van der Waals surface area contributed by atoms with Crippen molar-refractivity contribution in [2.24, 2.45) is 0 Å². The first-order valence-corrected chi connectivity index (χ1v) is 7.55.